The lowest BCUT2D eigenvalue weighted by molar-refractivity contribution is -0.137. The minimum Gasteiger partial charge on any atom is -0.497 e. The Morgan fingerprint density at radius 2 is 1.81 bits per heavy atom. The summed E-state index contributed by atoms with van der Waals surface area (Å²) in [5, 5.41) is 0. The number of hydrogen-bond donors (Lipinski definition) is 1. The Hall–Kier alpha value is -1.75. The van der Waals surface area contributed by atoms with E-state index in [0.717, 1.165) is 5.75 Å². The zero-order valence-corrected chi connectivity index (χ0v) is 13.6. The maximum Gasteiger partial charge on any atom is 0.263 e. The number of likely N-dealkylation sites (N-methyl/N-ethyl adjacent to an activating group) is 1. The van der Waals surface area contributed by atoms with Crippen molar-refractivity contribution in [2.45, 2.75) is 26.9 Å². The first kappa shape index (κ1) is 17.3. The van der Waals surface area contributed by atoms with Crippen molar-refractivity contribution < 1.29 is 14.3 Å². The number of benzene rings is 1. The highest BCUT2D eigenvalue weighted by molar-refractivity contribution is 5.80. The SMILES string of the molecule is COc1ccc(OC(C)C(=O)N(C)CC(C)(C)CN)cc1. The van der Waals surface area contributed by atoms with Gasteiger partial charge < -0.3 is 20.1 Å². The normalized spacial score (nSPS) is 12.7. The van der Waals surface area contributed by atoms with Crippen LogP contribution in [0.25, 0.3) is 0 Å². The predicted molar refractivity (Wildman–Crippen MR) is 83.6 cm³/mol. The Kier molecular flexibility index (Phi) is 6.03. The van der Waals surface area contributed by atoms with Gasteiger partial charge in [-0.2, -0.15) is 0 Å². The van der Waals surface area contributed by atoms with E-state index in [0.29, 0.717) is 18.8 Å². The number of nitrogens with two attached hydrogens (primary N) is 1. The molecule has 1 aromatic carbocycles. The molecule has 0 fully saturated rings. The van der Waals surface area contributed by atoms with E-state index in [1.54, 1.807) is 50.2 Å². The van der Waals surface area contributed by atoms with Gasteiger partial charge in [0.05, 0.1) is 7.11 Å². The first-order valence-corrected chi connectivity index (χ1v) is 7.05. The maximum atomic E-state index is 12.3. The summed E-state index contributed by atoms with van der Waals surface area (Å²) < 4.78 is 10.8. The van der Waals surface area contributed by atoms with Gasteiger partial charge in [0, 0.05) is 13.6 Å². The lowest BCUT2D eigenvalue weighted by Crippen LogP contribution is -2.44. The molecule has 0 radical (unpaired) electrons. The molecule has 5 nitrogen and oxygen atoms in total. The van der Waals surface area contributed by atoms with Gasteiger partial charge in [-0.15, -0.1) is 0 Å². The van der Waals surface area contributed by atoms with Crippen LogP contribution in [0.15, 0.2) is 24.3 Å². The van der Waals surface area contributed by atoms with Crippen molar-refractivity contribution in [3.8, 4) is 11.5 Å². The molecule has 118 valence electrons. The van der Waals surface area contributed by atoms with E-state index >= 15 is 0 Å². The maximum absolute atomic E-state index is 12.3. The molecular weight excluding hydrogens is 268 g/mol. The van der Waals surface area contributed by atoms with Crippen molar-refractivity contribution in [3.05, 3.63) is 24.3 Å². The monoisotopic (exact) mass is 294 g/mol. The van der Waals surface area contributed by atoms with Gasteiger partial charge in [-0.05, 0) is 43.1 Å². The molecule has 1 atom stereocenters. The third kappa shape index (κ3) is 5.27. The molecule has 0 aliphatic heterocycles. The molecule has 0 spiro atoms. The van der Waals surface area contributed by atoms with Gasteiger partial charge in [-0.1, -0.05) is 13.8 Å². The number of rotatable bonds is 7. The average molecular weight is 294 g/mol. The Bertz CT molecular complexity index is 457. The van der Waals surface area contributed by atoms with Gasteiger partial charge in [0.15, 0.2) is 6.10 Å². The summed E-state index contributed by atoms with van der Waals surface area (Å²) in [5.41, 5.74) is 5.59. The third-order valence-corrected chi connectivity index (χ3v) is 3.31. The van der Waals surface area contributed by atoms with E-state index in [9.17, 15) is 4.79 Å². The molecule has 1 rings (SSSR count). The van der Waals surface area contributed by atoms with Gasteiger partial charge in [-0.25, -0.2) is 0 Å². The molecule has 0 aromatic heterocycles. The van der Waals surface area contributed by atoms with Crippen LogP contribution in [0.3, 0.4) is 0 Å². The second-order valence-electron chi connectivity index (χ2n) is 6.00. The van der Waals surface area contributed by atoms with Gasteiger partial charge in [0.1, 0.15) is 11.5 Å². The smallest absolute Gasteiger partial charge is 0.263 e. The summed E-state index contributed by atoms with van der Waals surface area (Å²) in [6.07, 6.45) is -0.544. The number of methoxy groups -OCH3 is 1. The number of carbonyl (C=O) groups is 1. The molecule has 0 heterocycles. The van der Waals surface area contributed by atoms with E-state index in [1.165, 1.54) is 0 Å². The molecule has 1 aromatic rings. The summed E-state index contributed by atoms with van der Waals surface area (Å²) >= 11 is 0. The van der Waals surface area contributed by atoms with Gasteiger partial charge in [-0.3, -0.25) is 4.79 Å². The average Bonchev–Trinajstić information content (AvgIpc) is 2.46. The molecule has 2 N–H and O–H groups in total. The molecule has 5 heteroatoms. The van der Waals surface area contributed by atoms with Crippen LogP contribution >= 0.6 is 0 Å². The fraction of sp³-hybridized carbons (Fsp3) is 0.562. The van der Waals surface area contributed by atoms with E-state index in [-0.39, 0.29) is 11.3 Å². The second kappa shape index (κ2) is 7.31. The lowest BCUT2D eigenvalue weighted by atomic mass is 9.93. The minimum atomic E-state index is -0.544. The number of amides is 1. The molecule has 0 aliphatic rings. The van der Waals surface area contributed by atoms with Gasteiger partial charge in [0.2, 0.25) is 0 Å². The van der Waals surface area contributed by atoms with Crippen LogP contribution in [-0.2, 0) is 4.79 Å². The summed E-state index contributed by atoms with van der Waals surface area (Å²) in [6.45, 7) is 6.94. The van der Waals surface area contributed by atoms with E-state index in [4.69, 9.17) is 15.2 Å². The quantitative estimate of drug-likeness (QED) is 0.834. The highest BCUT2D eigenvalue weighted by Gasteiger charge is 2.25. The Labute approximate surface area is 127 Å². The Morgan fingerprint density at radius 3 is 2.29 bits per heavy atom. The predicted octanol–water partition coefficient (Wildman–Crippen LogP) is 1.91. The minimum absolute atomic E-state index is 0.0626. The van der Waals surface area contributed by atoms with E-state index < -0.39 is 6.10 Å². The topological polar surface area (TPSA) is 64.8 Å². The Morgan fingerprint density at radius 1 is 1.29 bits per heavy atom. The fourth-order valence-corrected chi connectivity index (χ4v) is 2.00. The van der Waals surface area contributed by atoms with E-state index in [1.807, 2.05) is 13.8 Å². The van der Waals surface area contributed by atoms with Gasteiger partial charge in [0.25, 0.3) is 5.91 Å². The molecule has 1 unspecified atom stereocenters. The number of nitrogens with zero attached hydrogens (tertiary/aromatic N) is 1. The highest BCUT2D eigenvalue weighted by atomic mass is 16.5. The highest BCUT2D eigenvalue weighted by Crippen LogP contribution is 2.19. The van der Waals surface area contributed by atoms with Crippen LogP contribution in [0, 0.1) is 5.41 Å². The van der Waals surface area contributed by atoms with Crippen LogP contribution in [0.5, 0.6) is 11.5 Å². The van der Waals surface area contributed by atoms with Crippen molar-refractivity contribution in [1.29, 1.82) is 0 Å². The van der Waals surface area contributed by atoms with Crippen molar-refractivity contribution in [1.82, 2.24) is 4.90 Å². The van der Waals surface area contributed by atoms with Crippen LogP contribution in [0.4, 0.5) is 0 Å². The van der Waals surface area contributed by atoms with Crippen molar-refractivity contribution >= 4 is 5.91 Å². The lowest BCUT2D eigenvalue weighted by Gasteiger charge is -2.30. The van der Waals surface area contributed by atoms with Crippen LogP contribution in [-0.4, -0.2) is 44.2 Å². The zero-order valence-electron chi connectivity index (χ0n) is 13.6. The van der Waals surface area contributed by atoms with Crippen LogP contribution < -0.4 is 15.2 Å². The zero-order chi connectivity index (χ0) is 16.0. The second-order valence-corrected chi connectivity index (χ2v) is 6.00. The first-order chi connectivity index (χ1) is 9.79. The van der Waals surface area contributed by atoms with Crippen molar-refractivity contribution in [2.75, 3.05) is 27.2 Å². The molecule has 21 heavy (non-hydrogen) atoms. The standard InChI is InChI=1S/C16H26N2O3/c1-12(15(19)18(4)11-16(2,3)10-17)21-14-8-6-13(20-5)7-9-14/h6-9,12H,10-11,17H2,1-5H3. The molecule has 0 aliphatic carbocycles. The molecule has 0 saturated heterocycles. The number of carbonyl (C=O) groups excluding carboxylic acids is 1. The molecule has 1 amide bonds. The van der Waals surface area contributed by atoms with Crippen LogP contribution in [0.1, 0.15) is 20.8 Å². The molecule has 0 saturated carbocycles. The fourth-order valence-electron chi connectivity index (χ4n) is 2.00. The van der Waals surface area contributed by atoms with Crippen molar-refractivity contribution in [3.63, 3.8) is 0 Å². The summed E-state index contributed by atoms with van der Waals surface area (Å²) in [7, 11) is 3.38. The van der Waals surface area contributed by atoms with Crippen LogP contribution in [0.2, 0.25) is 0 Å². The summed E-state index contributed by atoms with van der Waals surface area (Å²) in [6, 6.07) is 7.17. The largest absolute Gasteiger partial charge is 0.497 e. The van der Waals surface area contributed by atoms with Crippen molar-refractivity contribution in [2.24, 2.45) is 11.1 Å². The number of hydrogen-bond acceptors (Lipinski definition) is 4. The summed E-state index contributed by atoms with van der Waals surface area (Å²) in [5.74, 6) is 1.33. The molecular formula is C16H26N2O3. The van der Waals surface area contributed by atoms with E-state index in [2.05, 4.69) is 0 Å². The number of ether oxygens (including phenoxy) is 2. The van der Waals surface area contributed by atoms with Gasteiger partial charge >= 0.3 is 0 Å². The molecule has 0 bridgehead atoms. The summed E-state index contributed by atoms with van der Waals surface area (Å²) in [4.78, 5) is 14.0. The Balaban J connectivity index is 2.61. The third-order valence-electron chi connectivity index (χ3n) is 3.31. The first-order valence-electron chi connectivity index (χ1n) is 7.05.